The number of aromatic nitrogens is 2. The number of hydrogen-bond acceptors (Lipinski definition) is 6. The lowest BCUT2D eigenvalue weighted by Gasteiger charge is -2.08. The van der Waals surface area contributed by atoms with Crippen molar-refractivity contribution in [2.75, 3.05) is 18.1 Å². The Balaban J connectivity index is 0.000000718. The number of carbonyl (C=O) groups is 3. The number of carbonyl (C=O) groups excluding carboxylic acids is 1. The fourth-order valence-corrected chi connectivity index (χ4v) is 3.94. The van der Waals surface area contributed by atoms with Gasteiger partial charge in [-0.1, -0.05) is 33.7 Å². The molecule has 0 bridgehead atoms. The zero-order valence-corrected chi connectivity index (χ0v) is 18.5. The van der Waals surface area contributed by atoms with E-state index in [1.165, 1.54) is 39.9 Å². The number of nitrogens with one attached hydrogen (secondary N) is 2. The van der Waals surface area contributed by atoms with Gasteiger partial charge in [0.2, 0.25) is 0 Å². The molecule has 0 spiro atoms. The zero-order valence-electron chi connectivity index (χ0n) is 16.9. The van der Waals surface area contributed by atoms with E-state index in [2.05, 4.69) is 15.5 Å². The van der Waals surface area contributed by atoms with Gasteiger partial charge in [0.25, 0.3) is 5.91 Å². The lowest BCUT2D eigenvalue weighted by molar-refractivity contribution is -0.192. The van der Waals surface area contributed by atoms with Crippen LogP contribution in [0.2, 0.25) is 0 Å². The van der Waals surface area contributed by atoms with E-state index >= 15 is 0 Å². The third-order valence-electron chi connectivity index (χ3n) is 3.58. The predicted molar refractivity (Wildman–Crippen MR) is 112 cm³/mol. The summed E-state index contributed by atoms with van der Waals surface area (Å²) >= 11 is 0. The fraction of sp³-hybridized carbons (Fsp3) is 0.333. The molecule has 0 saturated heterocycles. The number of carboxylic acid groups (broad SMARTS) is 2. The topological polar surface area (TPSA) is 132 Å². The number of carboxylic acids is 2. The molecule has 0 aliphatic heterocycles. The molecule has 0 saturated carbocycles. The zero-order chi connectivity index (χ0) is 25.9. The molecule has 2 aromatic rings. The Morgan fingerprint density at radius 3 is 2.03 bits per heavy atom. The van der Waals surface area contributed by atoms with Gasteiger partial charge in [0.05, 0.1) is 29.4 Å². The van der Waals surface area contributed by atoms with Gasteiger partial charge in [-0.3, -0.25) is 14.7 Å². The predicted octanol–water partition coefficient (Wildman–Crippen LogP) is 4.31. The van der Waals surface area contributed by atoms with Crippen LogP contribution in [0.3, 0.4) is 0 Å². The molecule has 188 valence electrons. The van der Waals surface area contributed by atoms with Crippen molar-refractivity contribution in [3.05, 3.63) is 41.6 Å². The Kier molecular flexibility index (Phi) is 11.3. The number of H-pyrrole nitrogens is 1. The molecule has 0 aliphatic rings. The first-order chi connectivity index (χ1) is 15.7. The summed E-state index contributed by atoms with van der Waals surface area (Å²) in [7, 11) is 2.86. The molecule has 0 unspecified atom stereocenters. The second-order valence-electron chi connectivity index (χ2n) is 6.08. The SMILES string of the molecule is O=C(O)C(F)(F)F.O=C(O)CCSSCCNC(=O)c1cn[nH]c1-c1ccc(C(F)(F)F)cc1. The standard InChI is InChI=1S/C16H16F3N3O3S2.C2HF3O2/c17-16(18,19)11-3-1-10(2-4-11)14-12(9-21-22-14)15(25)20-6-8-27-26-7-5-13(23)24;3-2(4,5)1(6)7/h1-4,9H,5-8H2,(H,20,25)(H,21,22)(H,23,24);(H,6,7). The van der Waals surface area contributed by atoms with Gasteiger partial charge in [-0.2, -0.15) is 31.4 Å². The number of aromatic amines is 1. The van der Waals surface area contributed by atoms with Gasteiger partial charge in [-0.25, -0.2) is 4.79 Å². The number of alkyl halides is 6. The minimum Gasteiger partial charge on any atom is -0.481 e. The van der Waals surface area contributed by atoms with Crippen molar-refractivity contribution in [1.82, 2.24) is 15.5 Å². The molecule has 1 aromatic carbocycles. The molecular weight excluding hydrogens is 516 g/mol. The van der Waals surface area contributed by atoms with Crippen LogP contribution in [0.15, 0.2) is 30.5 Å². The second kappa shape index (κ2) is 13.1. The van der Waals surface area contributed by atoms with Crippen LogP contribution in [0.5, 0.6) is 0 Å². The highest BCUT2D eigenvalue weighted by Gasteiger charge is 2.38. The van der Waals surface area contributed by atoms with Crippen LogP contribution < -0.4 is 5.32 Å². The monoisotopic (exact) mass is 533 g/mol. The van der Waals surface area contributed by atoms with Crippen LogP contribution in [0.1, 0.15) is 22.3 Å². The van der Waals surface area contributed by atoms with Crippen molar-refractivity contribution < 1.29 is 50.9 Å². The summed E-state index contributed by atoms with van der Waals surface area (Å²) in [6.45, 7) is 0.362. The van der Waals surface area contributed by atoms with E-state index in [1.807, 2.05) is 0 Å². The van der Waals surface area contributed by atoms with E-state index in [0.29, 0.717) is 29.3 Å². The van der Waals surface area contributed by atoms with E-state index in [9.17, 15) is 35.9 Å². The normalized spacial score (nSPS) is 11.4. The Labute approximate surface area is 195 Å². The molecule has 2 rings (SSSR count). The Morgan fingerprint density at radius 1 is 0.971 bits per heavy atom. The van der Waals surface area contributed by atoms with Crippen molar-refractivity contribution in [2.45, 2.75) is 18.8 Å². The van der Waals surface area contributed by atoms with Crippen molar-refractivity contribution in [2.24, 2.45) is 0 Å². The van der Waals surface area contributed by atoms with Gasteiger partial charge < -0.3 is 15.5 Å². The third kappa shape index (κ3) is 10.4. The summed E-state index contributed by atoms with van der Waals surface area (Å²) in [5.41, 5.74) is 0.224. The Hall–Kier alpha value is -2.88. The smallest absolute Gasteiger partial charge is 0.481 e. The van der Waals surface area contributed by atoms with Crippen LogP contribution >= 0.6 is 21.6 Å². The highest BCUT2D eigenvalue weighted by atomic mass is 33.1. The van der Waals surface area contributed by atoms with Crippen molar-refractivity contribution in [3.63, 3.8) is 0 Å². The number of rotatable bonds is 9. The minimum atomic E-state index is -5.08. The summed E-state index contributed by atoms with van der Waals surface area (Å²) in [5, 5.41) is 24.8. The van der Waals surface area contributed by atoms with Gasteiger partial charge in [0.1, 0.15) is 0 Å². The molecule has 0 aliphatic carbocycles. The van der Waals surface area contributed by atoms with Crippen LogP contribution in [0, 0.1) is 0 Å². The van der Waals surface area contributed by atoms with Crippen LogP contribution in [-0.2, 0) is 15.8 Å². The second-order valence-corrected chi connectivity index (χ2v) is 8.78. The number of benzene rings is 1. The average molecular weight is 533 g/mol. The van der Waals surface area contributed by atoms with Gasteiger partial charge in [-0.05, 0) is 12.1 Å². The molecule has 16 heteroatoms. The van der Waals surface area contributed by atoms with Gasteiger partial charge in [-0.15, -0.1) is 0 Å². The maximum atomic E-state index is 12.6. The Morgan fingerprint density at radius 2 is 1.53 bits per heavy atom. The molecule has 8 nitrogen and oxygen atoms in total. The van der Waals surface area contributed by atoms with E-state index in [0.717, 1.165) is 12.1 Å². The van der Waals surface area contributed by atoms with Crippen LogP contribution in [-0.4, -0.2) is 62.5 Å². The van der Waals surface area contributed by atoms with Crippen molar-refractivity contribution in [1.29, 1.82) is 0 Å². The Bertz CT molecular complexity index is 964. The third-order valence-corrected chi connectivity index (χ3v) is 5.99. The average Bonchev–Trinajstić information content (AvgIpc) is 3.22. The number of hydrogen-bond donors (Lipinski definition) is 4. The van der Waals surface area contributed by atoms with Crippen molar-refractivity contribution in [3.8, 4) is 11.3 Å². The van der Waals surface area contributed by atoms with Crippen LogP contribution in [0.25, 0.3) is 11.3 Å². The van der Waals surface area contributed by atoms with E-state index < -0.39 is 35.8 Å². The fourth-order valence-electron chi connectivity index (χ4n) is 2.05. The summed E-state index contributed by atoms with van der Waals surface area (Å²) in [4.78, 5) is 31.5. The van der Waals surface area contributed by atoms with E-state index in [4.69, 9.17) is 15.0 Å². The molecule has 0 radical (unpaired) electrons. The van der Waals surface area contributed by atoms with Gasteiger partial charge >= 0.3 is 24.3 Å². The quantitative estimate of drug-likeness (QED) is 0.213. The minimum absolute atomic E-state index is 0.0789. The molecule has 1 amide bonds. The highest BCUT2D eigenvalue weighted by molar-refractivity contribution is 8.76. The first-order valence-corrected chi connectivity index (χ1v) is 11.5. The van der Waals surface area contributed by atoms with Crippen LogP contribution in [0.4, 0.5) is 26.3 Å². The summed E-state index contributed by atoms with van der Waals surface area (Å²) in [5.74, 6) is -2.94. The van der Waals surface area contributed by atoms with E-state index in [1.54, 1.807) is 0 Å². The van der Waals surface area contributed by atoms with Gasteiger partial charge in [0, 0.05) is 23.6 Å². The lowest BCUT2D eigenvalue weighted by atomic mass is 10.1. The maximum Gasteiger partial charge on any atom is 0.490 e. The lowest BCUT2D eigenvalue weighted by Crippen LogP contribution is -2.25. The van der Waals surface area contributed by atoms with Gasteiger partial charge in [0.15, 0.2) is 0 Å². The largest absolute Gasteiger partial charge is 0.490 e. The number of nitrogens with zero attached hydrogens (tertiary/aromatic N) is 1. The van der Waals surface area contributed by atoms with E-state index in [-0.39, 0.29) is 12.0 Å². The highest BCUT2D eigenvalue weighted by Crippen LogP contribution is 2.31. The molecule has 1 heterocycles. The molecule has 1 aromatic heterocycles. The summed E-state index contributed by atoms with van der Waals surface area (Å²) in [6.07, 6.45) is -8.11. The first-order valence-electron chi connectivity index (χ1n) is 8.99. The number of halogens is 6. The maximum absolute atomic E-state index is 12.6. The number of amides is 1. The number of aliphatic carboxylic acids is 2. The van der Waals surface area contributed by atoms with Crippen molar-refractivity contribution >= 4 is 39.4 Å². The molecule has 34 heavy (non-hydrogen) atoms. The summed E-state index contributed by atoms with van der Waals surface area (Å²) < 4.78 is 69.7. The molecular formula is C18H17F6N3O5S2. The molecule has 0 fully saturated rings. The molecule has 0 atom stereocenters. The molecule has 4 N–H and O–H groups in total. The first kappa shape index (κ1) is 29.2. The summed E-state index contributed by atoms with van der Waals surface area (Å²) in [6, 6.07) is 4.45.